The number of hydrogen-bond acceptors (Lipinski definition) is 0. The molecule has 2 N–H and O–H groups in total. The van der Waals surface area contributed by atoms with E-state index in [1.165, 1.54) is 16.4 Å². The summed E-state index contributed by atoms with van der Waals surface area (Å²) >= 11 is 0. The maximum atomic E-state index is 2.76. The SMILES string of the molecule is O.Pc1ccccc1-c1ccccc1. The van der Waals surface area contributed by atoms with Gasteiger partial charge < -0.3 is 5.48 Å². The minimum Gasteiger partial charge on any atom is -0.412 e. The Kier molecular flexibility index (Phi) is 3.82. The fourth-order valence-electron chi connectivity index (χ4n) is 1.38. The first-order chi connectivity index (χ1) is 6.38. The van der Waals surface area contributed by atoms with Crippen LogP contribution in [0.5, 0.6) is 0 Å². The lowest BCUT2D eigenvalue weighted by molar-refractivity contribution is 0.824. The molecular formula is C12H13OP. The Morgan fingerprint density at radius 1 is 0.714 bits per heavy atom. The second-order valence-electron chi connectivity index (χ2n) is 2.95. The van der Waals surface area contributed by atoms with Gasteiger partial charge in [-0.2, -0.15) is 0 Å². The van der Waals surface area contributed by atoms with Crippen molar-refractivity contribution in [2.24, 2.45) is 0 Å². The van der Waals surface area contributed by atoms with E-state index in [0.717, 1.165) is 0 Å². The molecule has 1 nitrogen and oxygen atoms in total. The first-order valence-electron chi connectivity index (χ1n) is 4.28. The summed E-state index contributed by atoms with van der Waals surface area (Å²) in [6.45, 7) is 0. The van der Waals surface area contributed by atoms with Crippen LogP contribution >= 0.6 is 9.24 Å². The van der Waals surface area contributed by atoms with Gasteiger partial charge in [-0.05, 0) is 16.4 Å². The van der Waals surface area contributed by atoms with E-state index in [1.807, 2.05) is 6.07 Å². The van der Waals surface area contributed by atoms with Gasteiger partial charge in [-0.15, -0.1) is 9.24 Å². The van der Waals surface area contributed by atoms with E-state index in [2.05, 4.69) is 57.8 Å². The van der Waals surface area contributed by atoms with Gasteiger partial charge in [-0.3, -0.25) is 0 Å². The lowest BCUT2D eigenvalue weighted by atomic mass is 10.1. The zero-order valence-corrected chi connectivity index (χ0v) is 8.93. The summed E-state index contributed by atoms with van der Waals surface area (Å²) < 4.78 is 0. The molecule has 0 aliphatic rings. The molecule has 0 aromatic heterocycles. The highest BCUT2D eigenvalue weighted by atomic mass is 31.0. The molecule has 72 valence electrons. The van der Waals surface area contributed by atoms with Gasteiger partial charge in [-0.25, -0.2) is 0 Å². The van der Waals surface area contributed by atoms with Gasteiger partial charge in [0.05, 0.1) is 0 Å². The topological polar surface area (TPSA) is 31.5 Å². The van der Waals surface area contributed by atoms with Crippen LogP contribution in [-0.2, 0) is 0 Å². The molecule has 0 saturated carbocycles. The number of rotatable bonds is 1. The second-order valence-corrected chi connectivity index (χ2v) is 3.58. The minimum absolute atomic E-state index is 0. The molecule has 2 heteroatoms. The molecule has 0 saturated heterocycles. The Bertz CT molecular complexity index is 398. The van der Waals surface area contributed by atoms with Crippen molar-refractivity contribution in [3.63, 3.8) is 0 Å². The molecule has 0 fully saturated rings. The first kappa shape index (κ1) is 10.9. The predicted molar refractivity (Wildman–Crippen MR) is 64.8 cm³/mol. The molecule has 2 aromatic carbocycles. The maximum absolute atomic E-state index is 2.76. The van der Waals surface area contributed by atoms with Gasteiger partial charge in [0.1, 0.15) is 0 Å². The fourth-order valence-corrected chi connectivity index (χ4v) is 1.75. The summed E-state index contributed by atoms with van der Waals surface area (Å²) in [5.41, 5.74) is 2.56. The van der Waals surface area contributed by atoms with E-state index in [-0.39, 0.29) is 5.48 Å². The molecule has 0 aliphatic heterocycles. The fraction of sp³-hybridized carbons (Fsp3) is 0. The summed E-state index contributed by atoms with van der Waals surface area (Å²) in [5, 5.41) is 1.24. The van der Waals surface area contributed by atoms with Crippen LogP contribution in [0.2, 0.25) is 0 Å². The zero-order chi connectivity index (χ0) is 9.10. The van der Waals surface area contributed by atoms with Gasteiger partial charge >= 0.3 is 0 Å². The van der Waals surface area contributed by atoms with Crippen molar-refractivity contribution in [1.29, 1.82) is 0 Å². The third-order valence-electron chi connectivity index (χ3n) is 2.05. The Hall–Kier alpha value is -1.17. The normalized spacial score (nSPS) is 9.21. The lowest BCUT2D eigenvalue weighted by Gasteiger charge is -2.03. The van der Waals surface area contributed by atoms with Crippen LogP contribution in [0.4, 0.5) is 0 Å². The smallest absolute Gasteiger partial charge is 0.0112 e. The van der Waals surface area contributed by atoms with Crippen LogP contribution in [0.25, 0.3) is 11.1 Å². The third-order valence-corrected chi connectivity index (χ3v) is 2.55. The Morgan fingerprint density at radius 2 is 1.29 bits per heavy atom. The van der Waals surface area contributed by atoms with E-state index in [0.29, 0.717) is 0 Å². The van der Waals surface area contributed by atoms with Crippen molar-refractivity contribution in [3.8, 4) is 11.1 Å². The lowest BCUT2D eigenvalue weighted by Crippen LogP contribution is -1.94. The van der Waals surface area contributed by atoms with Crippen LogP contribution in [0.3, 0.4) is 0 Å². The van der Waals surface area contributed by atoms with Crippen molar-refractivity contribution in [2.75, 3.05) is 0 Å². The largest absolute Gasteiger partial charge is 0.412 e. The Morgan fingerprint density at radius 3 is 1.93 bits per heavy atom. The molecule has 2 aromatic rings. The first-order valence-corrected chi connectivity index (χ1v) is 4.85. The van der Waals surface area contributed by atoms with Crippen LogP contribution < -0.4 is 5.30 Å². The maximum Gasteiger partial charge on any atom is -0.0112 e. The highest BCUT2D eigenvalue weighted by Crippen LogP contribution is 2.17. The summed E-state index contributed by atoms with van der Waals surface area (Å²) in [4.78, 5) is 0. The van der Waals surface area contributed by atoms with Crippen LogP contribution in [-0.4, -0.2) is 5.48 Å². The molecule has 2 rings (SSSR count). The van der Waals surface area contributed by atoms with E-state index < -0.39 is 0 Å². The van der Waals surface area contributed by atoms with Crippen molar-refractivity contribution in [2.45, 2.75) is 0 Å². The van der Waals surface area contributed by atoms with Gasteiger partial charge in [-0.1, -0.05) is 54.6 Å². The van der Waals surface area contributed by atoms with E-state index in [1.54, 1.807) is 0 Å². The molecule has 1 atom stereocenters. The predicted octanol–water partition coefficient (Wildman–Crippen LogP) is 2.03. The molecule has 0 radical (unpaired) electrons. The Balaban J connectivity index is 0.000000980. The number of hydrogen-bond donors (Lipinski definition) is 0. The van der Waals surface area contributed by atoms with Gasteiger partial charge in [0, 0.05) is 0 Å². The van der Waals surface area contributed by atoms with Gasteiger partial charge in [0.15, 0.2) is 0 Å². The van der Waals surface area contributed by atoms with E-state index in [9.17, 15) is 0 Å². The summed E-state index contributed by atoms with van der Waals surface area (Å²) in [7, 11) is 2.76. The summed E-state index contributed by atoms with van der Waals surface area (Å²) in [5.74, 6) is 0. The highest BCUT2D eigenvalue weighted by molar-refractivity contribution is 7.28. The molecule has 0 heterocycles. The van der Waals surface area contributed by atoms with Crippen molar-refractivity contribution in [1.82, 2.24) is 0 Å². The highest BCUT2D eigenvalue weighted by Gasteiger charge is 1.97. The van der Waals surface area contributed by atoms with Gasteiger partial charge in [0.2, 0.25) is 0 Å². The molecule has 0 amide bonds. The summed E-state index contributed by atoms with van der Waals surface area (Å²) in [6.07, 6.45) is 0. The average Bonchev–Trinajstić information content (AvgIpc) is 2.20. The number of benzene rings is 2. The average molecular weight is 204 g/mol. The van der Waals surface area contributed by atoms with E-state index in [4.69, 9.17) is 0 Å². The Labute approximate surface area is 86.3 Å². The molecular weight excluding hydrogens is 191 g/mol. The quantitative estimate of drug-likeness (QED) is 0.636. The van der Waals surface area contributed by atoms with Crippen molar-refractivity contribution >= 4 is 14.5 Å². The van der Waals surface area contributed by atoms with Crippen LogP contribution in [0.1, 0.15) is 0 Å². The molecule has 0 aliphatic carbocycles. The standard InChI is InChI=1S/C12H11P.H2O/c13-12-9-5-4-8-11(12)10-6-2-1-3-7-10;/h1-9H,13H2;1H2. The van der Waals surface area contributed by atoms with Crippen molar-refractivity contribution < 1.29 is 5.48 Å². The van der Waals surface area contributed by atoms with Crippen LogP contribution in [0.15, 0.2) is 54.6 Å². The second kappa shape index (κ2) is 4.90. The molecule has 0 bridgehead atoms. The minimum atomic E-state index is 0. The molecule has 1 unspecified atom stereocenters. The van der Waals surface area contributed by atoms with Gasteiger partial charge in [0.25, 0.3) is 0 Å². The van der Waals surface area contributed by atoms with E-state index >= 15 is 0 Å². The molecule has 14 heavy (non-hydrogen) atoms. The molecule has 0 spiro atoms. The zero-order valence-electron chi connectivity index (χ0n) is 7.77. The monoisotopic (exact) mass is 204 g/mol. The summed E-state index contributed by atoms with van der Waals surface area (Å²) in [6, 6.07) is 18.8. The van der Waals surface area contributed by atoms with Crippen molar-refractivity contribution in [3.05, 3.63) is 54.6 Å². The van der Waals surface area contributed by atoms with Crippen LogP contribution in [0, 0.1) is 0 Å². The third kappa shape index (κ3) is 2.20.